The minimum absolute atomic E-state index is 0.124. The molecule has 7 heteroatoms. The predicted molar refractivity (Wildman–Crippen MR) is 72.7 cm³/mol. The highest BCUT2D eigenvalue weighted by Crippen LogP contribution is 2.29. The Labute approximate surface area is 121 Å². The van der Waals surface area contributed by atoms with Crippen LogP contribution in [0.2, 0.25) is 0 Å². The van der Waals surface area contributed by atoms with Crippen LogP contribution in [0, 0.1) is 11.3 Å². The van der Waals surface area contributed by atoms with Gasteiger partial charge in [-0.25, -0.2) is 4.98 Å². The number of anilines is 1. The van der Waals surface area contributed by atoms with Crippen LogP contribution in [0.4, 0.5) is 19.0 Å². The van der Waals surface area contributed by atoms with Crippen molar-refractivity contribution in [3.8, 4) is 6.07 Å². The number of rotatable bonds is 3. The molecule has 0 aromatic carbocycles. The molecule has 0 amide bonds. The van der Waals surface area contributed by atoms with E-state index >= 15 is 0 Å². The lowest BCUT2D eigenvalue weighted by Gasteiger charge is -2.37. The molecule has 1 aliphatic rings. The minimum Gasteiger partial charge on any atom is -0.354 e. The Hall–Kier alpha value is -1.81. The monoisotopic (exact) mass is 298 g/mol. The molecule has 0 bridgehead atoms. The maximum absolute atomic E-state index is 12.7. The average molecular weight is 298 g/mol. The largest absolute Gasteiger partial charge is 0.433 e. The predicted octanol–water partition coefficient (Wildman–Crippen LogP) is 2.52. The quantitative estimate of drug-likeness (QED) is 0.860. The number of alkyl halides is 3. The number of piperazine rings is 1. The van der Waals surface area contributed by atoms with Crippen molar-refractivity contribution < 1.29 is 13.2 Å². The molecule has 1 aromatic heterocycles. The molecule has 0 saturated carbocycles. The summed E-state index contributed by atoms with van der Waals surface area (Å²) in [7, 11) is 0. The Morgan fingerprint density at radius 3 is 2.48 bits per heavy atom. The molecule has 1 saturated heterocycles. The highest BCUT2D eigenvalue weighted by atomic mass is 19.4. The minimum atomic E-state index is -4.42. The first-order chi connectivity index (χ1) is 9.95. The third kappa shape index (κ3) is 3.64. The smallest absolute Gasteiger partial charge is 0.354 e. The van der Waals surface area contributed by atoms with Crippen LogP contribution in [-0.4, -0.2) is 42.1 Å². The van der Waals surface area contributed by atoms with Crippen molar-refractivity contribution in [3.63, 3.8) is 0 Å². The second-order valence-corrected chi connectivity index (χ2v) is 4.95. The molecule has 2 heterocycles. The number of halogens is 3. The highest BCUT2D eigenvalue weighted by molar-refractivity contribution is 5.40. The summed E-state index contributed by atoms with van der Waals surface area (Å²) in [6.07, 6.45) is -3.68. The van der Waals surface area contributed by atoms with E-state index < -0.39 is 11.9 Å². The van der Waals surface area contributed by atoms with Gasteiger partial charge < -0.3 is 4.90 Å². The molecule has 2 rings (SSSR count). The van der Waals surface area contributed by atoms with Gasteiger partial charge in [-0.05, 0) is 18.6 Å². The second kappa shape index (κ2) is 6.31. The van der Waals surface area contributed by atoms with Gasteiger partial charge in [0, 0.05) is 26.2 Å². The Balaban J connectivity index is 2.04. The number of pyridine rings is 1. The van der Waals surface area contributed by atoms with Gasteiger partial charge in [0.2, 0.25) is 0 Å². The molecule has 1 fully saturated rings. The van der Waals surface area contributed by atoms with Crippen LogP contribution < -0.4 is 4.90 Å². The number of nitriles is 1. The third-order valence-corrected chi connectivity index (χ3v) is 3.64. The van der Waals surface area contributed by atoms with Gasteiger partial charge >= 0.3 is 6.18 Å². The van der Waals surface area contributed by atoms with E-state index in [0.717, 1.165) is 12.5 Å². The molecule has 1 aromatic rings. The summed E-state index contributed by atoms with van der Waals surface area (Å²) in [5.74, 6) is 0.342. The fourth-order valence-corrected chi connectivity index (χ4v) is 2.45. The normalized spacial score (nSPS) is 18.3. The van der Waals surface area contributed by atoms with Gasteiger partial charge in [0.15, 0.2) is 0 Å². The molecule has 1 unspecified atom stereocenters. The molecule has 1 atom stereocenters. The standard InChI is InChI=1S/C14H17F3N4/c1-2-11(10-18)20-6-8-21(9-7-20)13-5-3-4-12(19-13)14(15,16)17/h3-5,11H,2,6-9H2,1H3. The lowest BCUT2D eigenvalue weighted by molar-refractivity contribution is -0.141. The van der Waals surface area contributed by atoms with Gasteiger partial charge in [0.1, 0.15) is 11.5 Å². The van der Waals surface area contributed by atoms with E-state index in [4.69, 9.17) is 5.26 Å². The topological polar surface area (TPSA) is 43.2 Å². The van der Waals surface area contributed by atoms with Crippen molar-refractivity contribution in [2.24, 2.45) is 0 Å². The molecule has 21 heavy (non-hydrogen) atoms. The van der Waals surface area contributed by atoms with E-state index in [0.29, 0.717) is 32.0 Å². The summed E-state index contributed by atoms with van der Waals surface area (Å²) >= 11 is 0. The van der Waals surface area contributed by atoms with E-state index in [9.17, 15) is 13.2 Å². The number of hydrogen-bond donors (Lipinski definition) is 0. The summed E-state index contributed by atoms with van der Waals surface area (Å²) in [5, 5.41) is 9.04. The zero-order chi connectivity index (χ0) is 15.5. The van der Waals surface area contributed by atoms with E-state index in [2.05, 4.69) is 16.0 Å². The number of aromatic nitrogens is 1. The zero-order valence-corrected chi connectivity index (χ0v) is 11.8. The summed E-state index contributed by atoms with van der Waals surface area (Å²) in [5.41, 5.74) is -0.870. The molecular weight excluding hydrogens is 281 g/mol. The first kappa shape index (κ1) is 15.6. The van der Waals surface area contributed by atoms with Gasteiger partial charge in [0.25, 0.3) is 0 Å². The van der Waals surface area contributed by atoms with Crippen molar-refractivity contribution in [1.82, 2.24) is 9.88 Å². The maximum Gasteiger partial charge on any atom is 0.433 e. The van der Waals surface area contributed by atoms with Crippen LogP contribution in [0.15, 0.2) is 18.2 Å². The van der Waals surface area contributed by atoms with Crippen molar-refractivity contribution in [1.29, 1.82) is 5.26 Å². The molecule has 0 N–H and O–H groups in total. The molecule has 0 spiro atoms. The van der Waals surface area contributed by atoms with Gasteiger partial charge in [-0.15, -0.1) is 0 Å². The average Bonchev–Trinajstić information content (AvgIpc) is 2.48. The van der Waals surface area contributed by atoms with Crippen molar-refractivity contribution in [2.75, 3.05) is 31.1 Å². The molecular formula is C14H17F3N4. The number of nitrogens with zero attached hydrogens (tertiary/aromatic N) is 4. The number of hydrogen-bond acceptors (Lipinski definition) is 4. The van der Waals surface area contributed by atoms with E-state index in [-0.39, 0.29) is 6.04 Å². The lowest BCUT2D eigenvalue weighted by atomic mass is 10.2. The van der Waals surface area contributed by atoms with Crippen LogP contribution in [-0.2, 0) is 6.18 Å². The molecule has 114 valence electrons. The fraction of sp³-hybridized carbons (Fsp3) is 0.571. The van der Waals surface area contributed by atoms with Gasteiger partial charge in [-0.1, -0.05) is 13.0 Å². The Morgan fingerprint density at radius 1 is 1.29 bits per heavy atom. The Kier molecular flexibility index (Phi) is 4.68. The van der Waals surface area contributed by atoms with Crippen molar-refractivity contribution in [3.05, 3.63) is 23.9 Å². The molecule has 4 nitrogen and oxygen atoms in total. The summed E-state index contributed by atoms with van der Waals surface area (Å²) in [6, 6.07) is 6.07. The lowest BCUT2D eigenvalue weighted by Crippen LogP contribution is -2.50. The molecule has 1 aliphatic heterocycles. The maximum atomic E-state index is 12.7. The first-order valence-electron chi connectivity index (χ1n) is 6.88. The van der Waals surface area contributed by atoms with Gasteiger partial charge in [0.05, 0.1) is 12.1 Å². The van der Waals surface area contributed by atoms with Crippen LogP contribution >= 0.6 is 0 Å². The van der Waals surface area contributed by atoms with Crippen LogP contribution in [0.3, 0.4) is 0 Å². The van der Waals surface area contributed by atoms with Crippen LogP contribution in [0.5, 0.6) is 0 Å². The van der Waals surface area contributed by atoms with Gasteiger partial charge in [-0.2, -0.15) is 18.4 Å². The fourth-order valence-electron chi connectivity index (χ4n) is 2.45. The van der Waals surface area contributed by atoms with Crippen molar-refractivity contribution >= 4 is 5.82 Å². The van der Waals surface area contributed by atoms with E-state index in [1.807, 2.05) is 11.8 Å². The SMILES string of the molecule is CCC(C#N)N1CCN(c2cccc(C(F)(F)F)n2)CC1. The zero-order valence-electron chi connectivity index (χ0n) is 11.8. The van der Waals surface area contributed by atoms with Crippen LogP contribution in [0.25, 0.3) is 0 Å². The Bertz CT molecular complexity index is 516. The molecule has 0 radical (unpaired) electrons. The van der Waals surface area contributed by atoms with Gasteiger partial charge in [-0.3, -0.25) is 4.90 Å². The summed E-state index contributed by atoms with van der Waals surface area (Å²) < 4.78 is 38.0. The second-order valence-electron chi connectivity index (χ2n) is 4.95. The van der Waals surface area contributed by atoms with Crippen LogP contribution in [0.1, 0.15) is 19.0 Å². The van der Waals surface area contributed by atoms with Crippen molar-refractivity contribution in [2.45, 2.75) is 25.6 Å². The summed E-state index contributed by atoms with van der Waals surface area (Å²) in [4.78, 5) is 7.58. The Morgan fingerprint density at radius 2 is 1.95 bits per heavy atom. The van der Waals surface area contributed by atoms with E-state index in [1.165, 1.54) is 6.07 Å². The highest BCUT2D eigenvalue weighted by Gasteiger charge is 2.33. The third-order valence-electron chi connectivity index (χ3n) is 3.64. The summed E-state index contributed by atoms with van der Waals surface area (Å²) in [6.45, 7) is 4.42. The first-order valence-corrected chi connectivity index (χ1v) is 6.88. The van der Waals surface area contributed by atoms with E-state index in [1.54, 1.807) is 6.07 Å². The molecule has 0 aliphatic carbocycles.